The minimum Gasteiger partial charge on any atom is -0.347 e. The Bertz CT molecular complexity index is 347. The van der Waals surface area contributed by atoms with Crippen LogP contribution in [0.3, 0.4) is 0 Å². The SMILES string of the molecule is CNCC(=O)NC1CCCc2cn[nH]c21. The summed E-state index contributed by atoms with van der Waals surface area (Å²) in [6, 6.07) is 0.108. The lowest BCUT2D eigenvalue weighted by Crippen LogP contribution is -2.36. The molecule has 0 fully saturated rings. The Labute approximate surface area is 88.6 Å². The summed E-state index contributed by atoms with van der Waals surface area (Å²) < 4.78 is 0. The predicted molar refractivity (Wildman–Crippen MR) is 56.3 cm³/mol. The molecular formula is C10H16N4O. The maximum absolute atomic E-state index is 11.4. The van der Waals surface area contributed by atoms with E-state index >= 15 is 0 Å². The average Bonchev–Trinajstić information content (AvgIpc) is 2.67. The van der Waals surface area contributed by atoms with Crippen LogP contribution in [-0.2, 0) is 11.2 Å². The fraction of sp³-hybridized carbons (Fsp3) is 0.600. The number of nitrogens with one attached hydrogen (secondary N) is 3. The Hall–Kier alpha value is -1.36. The predicted octanol–water partition coefficient (Wildman–Crippen LogP) is 0.123. The van der Waals surface area contributed by atoms with E-state index in [9.17, 15) is 4.79 Å². The zero-order valence-corrected chi connectivity index (χ0v) is 8.84. The van der Waals surface area contributed by atoms with E-state index in [0.717, 1.165) is 25.0 Å². The van der Waals surface area contributed by atoms with Gasteiger partial charge < -0.3 is 10.6 Å². The standard InChI is InChI=1S/C10H16N4O/c1-11-6-9(15)13-8-4-2-3-7-5-12-14-10(7)8/h5,8,11H,2-4,6H2,1H3,(H,12,14)(H,13,15). The first-order chi connectivity index (χ1) is 7.31. The molecule has 5 nitrogen and oxygen atoms in total. The Balaban J connectivity index is 2.03. The third-order valence-electron chi connectivity index (χ3n) is 2.71. The van der Waals surface area contributed by atoms with Crippen molar-refractivity contribution in [3.8, 4) is 0 Å². The number of hydrogen-bond acceptors (Lipinski definition) is 3. The Morgan fingerprint density at radius 3 is 3.40 bits per heavy atom. The summed E-state index contributed by atoms with van der Waals surface area (Å²) in [5, 5.41) is 12.8. The molecule has 1 aliphatic carbocycles. The van der Waals surface area contributed by atoms with Gasteiger partial charge in [0.2, 0.25) is 5.91 Å². The van der Waals surface area contributed by atoms with Gasteiger partial charge in [0, 0.05) is 0 Å². The number of nitrogens with zero attached hydrogens (tertiary/aromatic N) is 1. The molecule has 0 saturated carbocycles. The Morgan fingerprint density at radius 2 is 2.60 bits per heavy atom. The van der Waals surface area contributed by atoms with Crippen LogP contribution in [0.2, 0.25) is 0 Å². The molecule has 2 rings (SSSR count). The van der Waals surface area contributed by atoms with Crippen molar-refractivity contribution >= 4 is 5.91 Å². The minimum absolute atomic E-state index is 0.0324. The second kappa shape index (κ2) is 4.44. The topological polar surface area (TPSA) is 69.8 Å². The molecule has 15 heavy (non-hydrogen) atoms. The summed E-state index contributed by atoms with van der Waals surface area (Å²) in [6.07, 6.45) is 5.01. The van der Waals surface area contributed by atoms with E-state index in [1.54, 1.807) is 7.05 Å². The van der Waals surface area contributed by atoms with Crippen LogP contribution in [0, 0.1) is 0 Å². The third kappa shape index (κ3) is 2.18. The van der Waals surface area contributed by atoms with Gasteiger partial charge in [0.1, 0.15) is 0 Å². The fourth-order valence-electron chi connectivity index (χ4n) is 2.01. The van der Waals surface area contributed by atoms with Gasteiger partial charge in [-0.2, -0.15) is 5.10 Å². The van der Waals surface area contributed by atoms with E-state index in [2.05, 4.69) is 20.8 Å². The zero-order chi connectivity index (χ0) is 10.7. The van der Waals surface area contributed by atoms with Crippen LogP contribution >= 0.6 is 0 Å². The van der Waals surface area contributed by atoms with Crippen LogP contribution in [0.4, 0.5) is 0 Å². The van der Waals surface area contributed by atoms with Crippen LogP contribution in [0.15, 0.2) is 6.20 Å². The molecule has 1 aromatic heterocycles. The maximum Gasteiger partial charge on any atom is 0.234 e. The van der Waals surface area contributed by atoms with Crippen molar-refractivity contribution in [3.05, 3.63) is 17.5 Å². The molecule has 1 amide bonds. The maximum atomic E-state index is 11.4. The molecule has 3 N–H and O–H groups in total. The summed E-state index contributed by atoms with van der Waals surface area (Å²) in [7, 11) is 1.77. The summed E-state index contributed by atoms with van der Waals surface area (Å²) >= 11 is 0. The van der Waals surface area contributed by atoms with E-state index in [4.69, 9.17) is 0 Å². The van der Waals surface area contributed by atoms with Crippen molar-refractivity contribution in [3.63, 3.8) is 0 Å². The number of aromatic nitrogens is 2. The van der Waals surface area contributed by atoms with Crippen molar-refractivity contribution < 1.29 is 4.79 Å². The summed E-state index contributed by atoms with van der Waals surface area (Å²) in [4.78, 5) is 11.4. The second-order valence-electron chi connectivity index (χ2n) is 3.85. The van der Waals surface area contributed by atoms with E-state index in [1.165, 1.54) is 5.56 Å². The highest BCUT2D eigenvalue weighted by Gasteiger charge is 2.22. The van der Waals surface area contributed by atoms with Gasteiger partial charge in [0.15, 0.2) is 0 Å². The van der Waals surface area contributed by atoms with E-state index in [0.29, 0.717) is 6.54 Å². The number of aryl methyl sites for hydroxylation is 1. The average molecular weight is 208 g/mol. The molecular weight excluding hydrogens is 192 g/mol. The zero-order valence-electron chi connectivity index (χ0n) is 8.84. The Kier molecular flexibility index (Phi) is 3.01. The van der Waals surface area contributed by atoms with E-state index < -0.39 is 0 Å². The van der Waals surface area contributed by atoms with Gasteiger partial charge in [0.25, 0.3) is 0 Å². The van der Waals surface area contributed by atoms with Gasteiger partial charge in [-0.25, -0.2) is 0 Å². The van der Waals surface area contributed by atoms with Crippen LogP contribution < -0.4 is 10.6 Å². The Morgan fingerprint density at radius 1 is 1.73 bits per heavy atom. The molecule has 82 valence electrons. The van der Waals surface area contributed by atoms with Crippen LogP contribution in [0.5, 0.6) is 0 Å². The third-order valence-corrected chi connectivity index (χ3v) is 2.71. The number of H-pyrrole nitrogens is 1. The smallest absolute Gasteiger partial charge is 0.234 e. The minimum atomic E-state index is 0.0324. The molecule has 0 radical (unpaired) electrons. The lowest BCUT2D eigenvalue weighted by Gasteiger charge is -2.22. The quantitative estimate of drug-likeness (QED) is 0.661. The highest BCUT2D eigenvalue weighted by molar-refractivity contribution is 5.78. The second-order valence-corrected chi connectivity index (χ2v) is 3.85. The molecule has 0 spiro atoms. The van der Waals surface area contributed by atoms with Crippen LogP contribution in [-0.4, -0.2) is 29.7 Å². The lowest BCUT2D eigenvalue weighted by molar-refractivity contribution is -0.121. The van der Waals surface area contributed by atoms with Crippen LogP contribution in [0.25, 0.3) is 0 Å². The van der Waals surface area contributed by atoms with E-state index in [-0.39, 0.29) is 11.9 Å². The van der Waals surface area contributed by atoms with Gasteiger partial charge >= 0.3 is 0 Å². The number of carbonyl (C=O) groups excluding carboxylic acids is 1. The normalized spacial score (nSPS) is 19.7. The highest BCUT2D eigenvalue weighted by atomic mass is 16.1. The van der Waals surface area contributed by atoms with Crippen molar-refractivity contribution in [2.24, 2.45) is 0 Å². The molecule has 0 aliphatic heterocycles. The lowest BCUT2D eigenvalue weighted by atomic mass is 9.94. The molecule has 0 bridgehead atoms. The number of aromatic amines is 1. The molecule has 0 aromatic carbocycles. The molecule has 1 aliphatic rings. The number of fused-ring (bicyclic) bond motifs is 1. The van der Waals surface area contributed by atoms with Gasteiger partial charge in [-0.15, -0.1) is 0 Å². The summed E-state index contributed by atoms with van der Waals surface area (Å²) in [5.41, 5.74) is 2.31. The van der Waals surface area contributed by atoms with Crippen molar-refractivity contribution in [1.82, 2.24) is 20.8 Å². The molecule has 0 saturated heterocycles. The summed E-state index contributed by atoms with van der Waals surface area (Å²) in [5.74, 6) is 0.0324. The molecule has 1 unspecified atom stereocenters. The fourth-order valence-corrected chi connectivity index (χ4v) is 2.01. The number of amides is 1. The van der Waals surface area contributed by atoms with E-state index in [1.807, 2.05) is 6.20 Å². The first kappa shape index (κ1) is 10.2. The van der Waals surface area contributed by atoms with Gasteiger partial charge in [0.05, 0.1) is 24.5 Å². The number of carbonyl (C=O) groups is 1. The number of rotatable bonds is 3. The molecule has 1 aromatic rings. The van der Waals surface area contributed by atoms with Gasteiger partial charge in [-0.1, -0.05) is 0 Å². The molecule has 1 atom stereocenters. The number of hydrogen-bond donors (Lipinski definition) is 3. The monoisotopic (exact) mass is 208 g/mol. The first-order valence-electron chi connectivity index (χ1n) is 5.27. The van der Waals surface area contributed by atoms with Gasteiger partial charge in [-0.05, 0) is 31.9 Å². The molecule has 5 heteroatoms. The van der Waals surface area contributed by atoms with Crippen molar-refractivity contribution in [2.45, 2.75) is 25.3 Å². The molecule has 1 heterocycles. The summed E-state index contributed by atoms with van der Waals surface area (Å²) in [6.45, 7) is 0.361. The van der Waals surface area contributed by atoms with Crippen LogP contribution in [0.1, 0.15) is 30.1 Å². The number of likely N-dealkylation sites (N-methyl/N-ethyl adjacent to an activating group) is 1. The first-order valence-corrected chi connectivity index (χ1v) is 5.27. The largest absolute Gasteiger partial charge is 0.347 e. The highest BCUT2D eigenvalue weighted by Crippen LogP contribution is 2.27. The van der Waals surface area contributed by atoms with Crippen molar-refractivity contribution in [1.29, 1.82) is 0 Å². The van der Waals surface area contributed by atoms with Gasteiger partial charge in [-0.3, -0.25) is 9.89 Å². The van der Waals surface area contributed by atoms with Crippen molar-refractivity contribution in [2.75, 3.05) is 13.6 Å².